The van der Waals surface area contributed by atoms with Crippen molar-refractivity contribution in [3.8, 4) is 0 Å². The van der Waals surface area contributed by atoms with Gasteiger partial charge in [0.05, 0.1) is 10.4 Å². The summed E-state index contributed by atoms with van der Waals surface area (Å²) in [7, 11) is 0. The second kappa shape index (κ2) is 10.1. The molecular formula is C25H25F2N5O2S. The number of carbonyl (C=O) groups excluding carboxylic acids is 2. The van der Waals surface area contributed by atoms with Gasteiger partial charge in [-0.3, -0.25) is 9.59 Å². The van der Waals surface area contributed by atoms with E-state index in [1.54, 1.807) is 11.1 Å². The second-order valence-electron chi connectivity index (χ2n) is 8.88. The molecule has 0 unspecified atom stereocenters. The normalized spacial score (nSPS) is 18.6. The maximum Gasteiger partial charge on any atom is 0.261 e. The Labute approximate surface area is 205 Å². The van der Waals surface area contributed by atoms with Crippen molar-refractivity contribution in [1.29, 1.82) is 0 Å². The number of piperidine rings is 1. The molecule has 1 atom stereocenters. The van der Waals surface area contributed by atoms with Crippen LogP contribution in [0.4, 0.5) is 14.6 Å². The van der Waals surface area contributed by atoms with Crippen LogP contribution in [0.25, 0.3) is 0 Å². The molecule has 5 rings (SSSR count). The van der Waals surface area contributed by atoms with Crippen molar-refractivity contribution in [3.05, 3.63) is 75.6 Å². The maximum atomic E-state index is 14.0. The van der Waals surface area contributed by atoms with E-state index in [2.05, 4.69) is 20.4 Å². The lowest BCUT2D eigenvalue weighted by Gasteiger charge is -2.31. The highest BCUT2D eigenvalue weighted by Crippen LogP contribution is 2.33. The Hall–Kier alpha value is -3.40. The lowest BCUT2D eigenvalue weighted by Crippen LogP contribution is -2.38. The molecule has 7 nitrogen and oxygen atoms in total. The molecule has 2 aliphatic heterocycles. The maximum absolute atomic E-state index is 14.0. The third-order valence-electron chi connectivity index (χ3n) is 6.60. The van der Waals surface area contributed by atoms with Gasteiger partial charge in [-0.1, -0.05) is 0 Å². The van der Waals surface area contributed by atoms with Gasteiger partial charge in [-0.2, -0.15) is 5.10 Å². The van der Waals surface area contributed by atoms with Crippen LogP contribution in [0.1, 0.15) is 50.1 Å². The van der Waals surface area contributed by atoms with Gasteiger partial charge in [0.25, 0.3) is 11.8 Å². The molecule has 2 amide bonds. The van der Waals surface area contributed by atoms with Crippen LogP contribution in [0.5, 0.6) is 0 Å². The Kier molecular flexibility index (Phi) is 6.72. The van der Waals surface area contributed by atoms with Crippen molar-refractivity contribution in [2.24, 2.45) is 0 Å². The van der Waals surface area contributed by atoms with Crippen LogP contribution in [0.15, 0.2) is 48.7 Å². The van der Waals surface area contributed by atoms with Gasteiger partial charge >= 0.3 is 0 Å². The highest BCUT2D eigenvalue weighted by atomic mass is 32.1. The number of hydrogen-bond donors (Lipinski definition) is 1. The number of amides is 2. The second-order valence-corrected chi connectivity index (χ2v) is 9.99. The van der Waals surface area contributed by atoms with E-state index in [1.165, 1.54) is 17.4 Å². The predicted molar refractivity (Wildman–Crippen MR) is 129 cm³/mol. The first-order chi connectivity index (χ1) is 17.0. The van der Waals surface area contributed by atoms with Crippen LogP contribution in [0.2, 0.25) is 0 Å². The molecule has 10 heteroatoms. The van der Waals surface area contributed by atoms with Crippen molar-refractivity contribution in [1.82, 2.24) is 20.4 Å². The minimum Gasteiger partial charge on any atom is -0.353 e. The molecular weight excluding hydrogens is 472 g/mol. The van der Waals surface area contributed by atoms with E-state index >= 15 is 0 Å². The molecule has 0 aliphatic carbocycles. The van der Waals surface area contributed by atoms with Gasteiger partial charge in [-0.15, -0.1) is 16.4 Å². The van der Waals surface area contributed by atoms with Gasteiger partial charge in [-0.25, -0.2) is 8.78 Å². The van der Waals surface area contributed by atoms with Crippen molar-refractivity contribution >= 4 is 29.0 Å². The number of nitrogens with one attached hydrogen (secondary N) is 1. The first-order valence-corrected chi connectivity index (χ1v) is 12.5. The topological polar surface area (TPSA) is 78.4 Å². The molecule has 35 heavy (non-hydrogen) atoms. The predicted octanol–water partition coefficient (Wildman–Crippen LogP) is 3.84. The zero-order valence-corrected chi connectivity index (χ0v) is 19.8. The molecule has 2 aromatic heterocycles. The van der Waals surface area contributed by atoms with Crippen molar-refractivity contribution < 1.29 is 18.4 Å². The third-order valence-corrected chi connectivity index (χ3v) is 7.85. The van der Waals surface area contributed by atoms with Crippen molar-refractivity contribution in [2.75, 3.05) is 31.1 Å². The monoisotopic (exact) mass is 497 g/mol. The minimum atomic E-state index is -0.840. The number of rotatable bonds is 5. The number of halogens is 2. The van der Waals surface area contributed by atoms with E-state index in [9.17, 15) is 18.4 Å². The highest BCUT2D eigenvalue weighted by Gasteiger charge is 2.29. The Balaban J connectivity index is 1.14. The number of nitrogens with zero attached hydrogens (tertiary/aromatic N) is 4. The van der Waals surface area contributed by atoms with E-state index in [4.69, 9.17) is 0 Å². The lowest BCUT2D eigenvalue weighted by molar-refractivity contribution is 0.0708. The summed E-state index contributed by atoms with van der Waals surface area (Å²) in [6.45, 7) is 2.49. The molecule has 0 spiro atoms. The van der Waals surface area contributed by atoms with Crippen LogP contribution in [0.3, 0.4) is 0 Å². The highest BCUT2D eigenvalue weighted by molar-refractivity contribution is 7.14. The molecule has 1 N–H and O–H groups in total. The molecule has 1 aromatic carbocycles. The van der Waals surface area contributed by atoms with Crippen molar-refractivity contribution in [2.45, 2.75) is 31.2 Å². The number of likely N-dealkylation sites (tertiary alicyclic amines) is 1. The number of anilines is 1. The molecule has 2 saturated heterocycles. The summed E-state index contributed by atoms with van der Waals surface area (Å²) in [5, 5.41) is 11.2. The molecule has 4 heterocycles. The minimum absolute atomic E-state index is 0.0520. The summed E-state index contributed by atoms with van der Waals surface area (Å²) in [6, 6.07) is 10.7. The van der Waals surface area contributed by atoms with Crippen LogP contribution in [0, 0.1) is 11.6 Å². The number of benzene rings is 1. The Morgan fingerprint density at radius 3 is 2.60 bits per heavy atom. The van der Waals surface area contributed by atoms with Crippen LogP contribution in [-0.2, 0) is 0 Å². The third kappa shape index (κ3) is 5.17. The Morgan fingerprint density at radius 2 is 1.86 bits per heavy atom. The summed E-state index contributed by atoms with van der Waals surface area (Å²) < 4.78 is 27.2. The fourth-order valence-electron chi connectivity index (χ4n) is 4.70. The summed E-state index contributed by atoms with van der Waals surface area (Å²) in [6.07, 6.45) is 3.94. The van der Waals surface area contributed by atoms with E-state index in [-0.39, 0.29) is 23.4 Å². The summed E-state index contributed by atoms with van der Waals surface area (Å²) in [5.74, 6) is -0.984. The molecule has 3 aromatic rings. The molecule has 182 valence electrons. The summed E-state index contributed by atoms with van der Waals surface area (Å²) in [4.78, 5) is 31.0. The van der Waals surface area contributed by atoms with E-state index < -0.39 is 17.5 Å². The quantitative estimate of drug-likeness (QED) is 0.580. The average molecular weight is 498 g/mol. The Morgan fingerprint density at radius 1 is 1.03 bits per heavy atom. The number of aromatic nitrogens is 2. The van der Waals surface area contributed by atoms with E-state index in [1.807, 2.05) is 24.3 Å². The standard InChI is InChI=1S/C25H25F2N5O2S/c26-17-3-4-19(20(27)14-17)25(34)31-11-7-16(8-12-31)21-5-6-22(35-21)24(33)29-18-9-13-32(15-18)23-2-1-10-28-30-23/h1-6,10,14,16,18H,7-9,11-13,15H2,(H,29,33)/t18-/m0/s1. The summed E-state index contributed by atoms with van der Waals surface area (Å²) in [5.41, 5.74) is -0.107. The molecule has 0 bridgehead atoms. The first-order valence-electron chi connectivity index (χ1n) is 11.7. The largest absolute Gasteiger partial charge is 0.353 e. The van der Waals surface area contributed by atoms with Crippen LogP contribution in [-0.4, -0.2) is 59.1 Å². The Bertz CT molecular complexity index is 1210. The van der Waals surface area contributed by atoms with Gasteiger partial charge in [0.15, 0.2) is 5.82 Å². The fraction of sp³-hybridized carbons (Fsp3) is 0.360. The number of carbonyl (C=O) groups is 2. The average Bonchev–Trinajstić information content (AvgIpc) is 3.55. The first kappa shape index (κ1) is 23.3. The van der Waals surface area contributed by atoms with Gasteiger partial charge in [0, 0.05) is 49.4 Å². The molecule has 2 aliphatic rings. The van der Waals surface area contributed by atoms with Crippen LogP contribution >= 0.6 is 11.3 Å². The SMILES string of the molecule is O=C(N[C@H]1CCN(c2cccnn2)C1)c1ccc(C2CCN(C(=O)c3ccc(F)cc3F)CC2)s1. The number of hydrogen-bond acceptors (Lipinski definition) is 6. The van der Waals surface area contributed by atoms with Gasteiger partial charge in [-0.05, 0) is 61.6 Å². The molecule has 0 saturated carbocycles. The van der Waals surface area contributed by atoms with E-state index in [0.717, 1.165) is 48.6 Å². The summed E-state index contributed by atoms with van der Waals surface area (Å²) >= 11 is 1.49. The lowest BCUT2D eigenvalue weighted by atomic mass is 9.95. The van der Waals surface area contributed by atoms with Crippen LogP contribution < -0.4 is 10.2 Å². The smallest absolute Gasteiger partial charge is 0.261 e. The zero-order valence-electron chi connectivity index (χ0n) is 19.0. The van der Waals surface area contributed by atoms with E-state index in [0.29, 0.717) is 24.5 Å². The number of thiophene rings is 1. The van der Waals surface area contributed by atoms with Gasteiger partial charge in [0.1, 0.15) is 11.6 Å². The van der Waals surface area contributed by atoms with Gasteiger partial charge < -0.3 is 15.1 Å². The zero-order chi connectivity index (χ0) is 24.4. The van der Waals surface area contributed by atoms with Crippen molar-refractivity contribution in [3.63, 3.8) is 0 Å². The fourth-order valence-corrected chi connectivity index (χ4v) is 5.78. The van der Waals surface area contributed by atoms with Gasteiger partial charge in [0.2, 0.25) is 0 Å². The molecule has 2 fully saturated rings. The molecule has 0 radical (unpaired) electrons.